The van der Waals surface area contributed by atoms with Crippen LogP contribution in [0, 0.1) is 0 Å². The van der Waals surface area contributed by atoms with Crippen molar-refractivity contribution in [1.29, 1.82) is 0 Å². The number of rotatable bonds is 7. The second-order valence-corrected chi connectivity index (χ2v) is 6.93. The van der Waals surface area contributed by atoms with Crippen LogP contribution in [0.3, 0.4) is 0 Å². The maximum atomic E-state index is 12.5. The number of benzene rings is 2. The third kappa shape index (κ3) is 6.05. The smallest absolute Gasteiger partial charge is 0.416 e. The highest BCUT2D eigenvalue weighted by Gasteiger charge is 2.30. The Bertz CT molecular complexity index is 1010. The molecule has 0 fully saturated rings. The van der Waals surface area contributed by atoms with E-state index >= 15 is 0 Å². The first-order valence-corrected chi connectivity index (χ1v) is 9.57. The number of hydrogen-bond donors (Lipinski definition) is 2. The topological polar surface area (TPSA) is 80.3 Å². The molecule has 0 unspecified atom stereocenters. The van der Waals surface area contributed by atoms with Crippen LogP contribution in [-0.4, -0.2) is 23.5 Å². The van der Waals surface area contributed by atoms with Crippen LogP contribution in [0.25, 0.3) is 0 Å². The summed E-state index contributed by atoms with van der Waals surface area (Å²) in [5, 5.41) is 7.48. The van der Waals surface area contributed by atoms with E-state index in [1.165, 1.54) is 16.7 Å². The van der Waals surface area contributed by atoms with Gasteiger partial charge in [-0.3, -0.25) is 4.79 Å². The van der Waals surface area contributed by atoms with E-state index in [4.69, 9.17) is 4.74 Å². The van der Waals surface area contributed by atoms with Crippen LogP contribution >= 0.6 is 11.3 Å². The standard InChI is InChI=1S/C20H16F3N3O3S/c21-20(22,23)14-6-8-15(9-7-14)25-17(27)11-29-18(28)16-12-30-19(26-16)24-10-13-4-2-1-3-5-13/h1-9,12H,10-11H2,(H,24,26)(H,25,27). The minimum absolute atomic E-state index is 0.0536. The minimum atomic E-state index is -4.46. The summed E-state index contributed by atoms with van der Waals surface area (Å²) in [7, 11) is 0. The van der Waals surface area contributed by atoms with Crippen molar-refractivity contribution >= 4 is 34.0 Å². The average Bonchev–Trinajstić information content (AvgIpc) is 3.20. The number of amides is 1. The van der Waals surface area contributed by atoms with Gasteiger partial charge in [0.1, 0.15) is 0 Å². The van der Waals surface area contributed by atoms with Crippen LogP contribution < -0.4 is 10.6 Å². The van der Waals surface area contributed by atoms with Gasteiger partial charge in [-0.25, -0.2) is 9.78 Å². The molecular weight excluding hydrogens is 419 g/mol. The van der Waals surface area contributed by atoms with Gasteiger partial charge < -0.3 is 15.4 Å². The van der Waals surface area contributed by atoms with Gasteiger partial charge >= 0.3 is 12.1 Å². The van der Waals surface area contributed by atoms with Crippen LogP contribution in [0.15, 0.2) is 60.0 Å². The zero-order chi connectivity index (χ0) is 21.6. The summed E-state index contributed by atoms with van der Waals surface area (Å²) in [6.07, 6.45) is -4.46. The second kappa shape index (κ2) is 9.40. The summed E-state index contributed by atoms with van der Waals surface area (Å²) in [5.74, 6) is -1.46. The highest BCUT2D eigenvalue weighted by molar-refractivity contribution is 7.13. The molecule has 6 nitrogen and oxygen atoms in total. The molecule has 0 radical (unpaired) electrons. The van der Waals surface area contributed by atoms with E-state index in [9.17, 15) is 22.8 Å². The molecule has 1 heterocycles. The van der Waals surface area contributed by atoms with Gasteiger partial charge in [-0.05, 0) is 29.8 Å². The van der Waals surface area contributed by atoms with Gasteiger partial charge in [-0.2, -0.15) is 13.2 Å². The van der Waals surface area contributed by atoms with Crippen molar-refractivity contribution in [2.24, 2.45) is 0 Å². The molecule has 10 heteroatoms. The molecule has 1 aromatic heterocycles. The van der Waals surface area contributed by atoms with E-state index in [0.29, 0.717) is 11.7 Å². The number of halogens is 3. The summed E-state index contributed by atoms with van der Waals surface area (Å²) in [4.78, 5) is 28.0. The molecule has 156 valence electrons. The number of aromatic nitrogens is 1. The van der Waals surface area contributed by atoms with Gasteiger partial charge in [0.05, 0.1) is 5.56 Å². The summed E-state index contributed by atoms with van der Waals surface area (Å²) < 4.78 is 42.5. The number of anilines is 2. The first-order chi connectivity index (χ1) is 14.3. The van der Waals surface area contributed by atoms with Crippen molar-refractivity contribution in [3.8, 4) is 0 Å². The summed E-state index contributed by atoms with van der Waals surface area (Å²) in [6.45, 7) is -0.0530. The van der Waals surface area contributed by atoms with E-state index in [1.54, 1.807) is 0 Å². The highest BCUT2D eigenvalue weighted by Crippen LogP contribution is 2.29. The Morgan fingerprint density at radius 1 is 1.03 bits per heavy atom. The number of ether oxygens (including phenoxy) is 1. The fraction of sp³-hybridized carbons (Fsp3) is 0.150. The average molecular weight is 435 g/mol. The zero-order valence-electron chi connectivity index (χ0n) is 15.4. The molecule has 0 atom stereocenters. The van der Waals surface area contributed by atoms with Crippen LogP contribution in [-0.2, 0) is 22.3 Å². The van der Waals surface area contributed by atoms with Gasteiger partial charge in [-0.1, -0.05) is 30.3 Å². The molecule has 1 amide bonds. The molecule has 0 saturated heterocycles. The van der Waals surface area contributed by atoms with Crippen LogP contribution in [0.2, 0.25) is 0 Å². The molecule has 0 bridgehead atoms. The Balaban J connectivity index is 1.46. The molecule has 3 aromatic rings. The van der Waals surface area contributed by atoms with E-state index in [2.05, 4.69) is 15.6 Å². The van der Waals surface area contributed by atoms with Gasteiger partial charge in [0.15, 0.2) is 17.4 Å². The summed E-state index contributed by atoms with van der Waals surface area (Å²) >= 11 is 1.22. The first kappa shape index (κ1) is 21.3. The van der Waals surface area contributed by atoms with Crippen molar-refractivity contribution in [2.75, 3.05) is 17.2 Å². The fourth-order valence-corrected chi connectivity index (χ4v) is 3.05. The van der Waals surface area contributed by atoms with Gasteiger partial charge in [-0.15, -0.1) is 11.3 Å². The van der Waals surface area contributed by atoms with Crippen molar-refractivity contribution in [1.82, 2.24) is 4.98 Å². The number of esters is 1. The van der Waals surface area contributed by atoms with Gasteiger partial charge in [0, 0.05) is 17.6 Å². The molecule has 30 heavy (non-hydrogen) atoms. The number of carbonyl (C=O) groups excluding carboxylic acids is 2. The van der Waals surface area contributed by atoms with Crippen molar-refractivity contribution in [3.63, 3.8) is 0 Å². The Labute approximate surface area is 173 Å². The molecule has 2 aromatic carbocycles. The number of alkyl halides is 3. The number of nitrogens with one attached hydrogen (secondary N) is 2. The molecule has 0 aliphatic rings. The number of carbonyl (C=O) groups is 2. The molecule has 0 aliphatic heterocycles. The molecule has 3 rings (SSSR count). The largest absolute Gasteiger partial charge is 0.451 e. The molecular formula is C20H16F3N3O3S. The monoisotopic (exact) mass is 435 g/mol. The number of hydrogen-bond acceptors (Lipinski definition) is 6. The normalized spacial score (nSPS) is 11.0. The minimum Gasteiger partial charge on any atom is -0.451 e. The SMILES string of the molecule is O=C(COC(=O)c1csc(NCc2ccccc2)n1)Nc1ccc(C(F)(F)F)cc1. The lowest BCUT2D eigenvalue weighted by Crippen LogP contribution is -2.21. The van der Waals surface area contributed by atoms with E-state index in [1.807, 2.05) is 30.3 Å². The number of nitrogens with zero attached hydrogens (tertiary/aromatic N) is 1. The maximum absolute atomic E-state index is 12.5. The summed E-state index contributed by atoms with van der Waals surface area (Å²) in [5.41, 5.74) is 0.437. The van der Waals surface area contributed by atoms with Crippen molar-refractivity contribution in [3.05, 3.63) is 76.8 Å². The third-order valence-electron chi connectivity index (χ3n) is 3.83. The van der Waals surface area contributed by atoms with Crippen molar-refractivity contribution in [2.45, 2.75) is 12.7 Å². The van der Waals surface area contributed by atoms with Crippen molar-refractivity contribution < 1.29 is 27.5 Å². The lowest BCUT2D eigenvalue weighted by Gasteiger charge is -2.09. The Morgan fingerprint density at radius 3 is 2.40 bits per heavy atom. The van der Waals surface area contributed by atoms with Crippen LogP contribution in [0.1, 0.15) is 21.6 Å². The third-order valence-corrected chi connectivity index (χ3v) is 4.63. The van der Waals surface area contributed by atoms with Gasteiger partial charge in [0.25, 0.3) is 5.91 Å². The Kier molecular flexibility index (Phi) is 6.68. The number of thiazole rings is 1. The molecule has 0 aliphatic carbocycles. The van der Waals surface area contributed by atoms with E-state index < -0.39 is 30.2 Å². The second-order valence-electron chi connectivity index (χ2n) is 6.08. The van der Waals surface area contributed by atoms with E-state index in [-0.39, 0.29) is 11.4 Å². The lowest BCUT2D eigenvalue weighted by molar-refractivity contribution is -0.137. The maximum Gasteiger partial charge on any atom is 0.416 e. The highest BCUT2D eigenvalue weighted by atomic mass is 32.1. The van der Waals surface area contributed by atoms with Gasteiger partial charge in [0.2, 0.25) is 0 Å². The quantitative estimate of drug-likeness (QED) is 0.532. The lowest BCUT2D eigenvalue weighted by atomic mass is 10.2. The molecule has 0 spiro atoms. The first-order valence-electron chi connectivity index (χ1n) is 8.69. The zero-order valence-corrected chi connectivity index (χ0v) is 16.2. The molecule has 0 saturated carbocycles. The Hall–Kier alpha value is -3.40. The van der Waals surface area contributed by atoms with Crippen LogP contribution in [0.4, 0.5) is 24.0 Å². The predicted molar refractivity (Wildman–Crippen MR) is 106 cm³/mol. The van der Waals surface area contributed by atoms with E-state index in [0.717, 1.165) is 29.8 Å². The predicted octanol–water partition coefficient (Wildman–Crippen LogP) is 4.57. The Morgan fingerprint density at radius 2 is 1.73 bits per heavy atom. The molecule has 2 N–H and O–H groups in total. The van der Waals surface area contributed by atoms with Crippen LogP contribution in [0.5, 0.6) is 0 Å². The fourth-order valence-electron chi connectivity index (χ4n) is 2.37. The summed E-state index contributed by atoms with van der Waals surface area (Å²) in [6, 6.07) is 13.6.